The quantitative estimate of drug-likeness (QED) is 0.547. The zero-order valence-electron chi connectivity index (χ0n) is 14.6. The summed E-state index contributed by atoms with van der Waals surface area (Å²) in [6.45, 7) is 0.568. The van der Waals surface area contributed by atoms with Gasteiger partial charge < -0.3 is 14.3 Å². The van der Waals surface area contributed by atoms with Crippen molar-refractivity contribution in [2.24, 2.45) is 0 Å². The van der Waals surface area contributed by atoms with Gasteiger partial charge in [-0.25, -0.2) is 9.78 Å². The average molecular weight is 363 g/mol. The third-order valence-electron chi connectivity index (χ3n) is 4.32. The highest BCUT2D eigenvalue weighted by Crippen LogP contribution is 2.23. The van der Waals surface area contributed by atoms with Gasteiger partial charge in [0, 0.05) is 37.3 Å². The monoisotopic (exact) mass is 363 g/mol. The van der Waals surface area contributed by atoms with E-state index in [9.17, 15) is 9.59 Å². The number of aromatic nitrogens is 5. The molecule has 2 aromatic rings. The normalized spacial score (nSPS) is 11.0. The molecule has 2 aliphatic heterocycles. The van der Waals surface area contributed by atoms with Gasteiger partial charge in [0.2, 0.25) is 0 Å². The van der Waals surface area contributed by atoms with E-state index >= 15 is 0 Å². The van der Waals surface area contributed by atoms with Crippen molar-refractivity contribution >= 4 is 5.97 Å². The zero-order chi connectivity index (χ0) is 18.8. The van der Waals surface area contributed by atoms with E-state index in [0.29, 0.717) is 29.9 Å². The van der Waals surface area contributed by atoms with E-state index in [0.717, 1.165) is 5.69 Å². The highest BCUT2D eigenvalue weighted by atomic mass is 16.5. The Morgan fingerprint density at radius 1 is 1.22 bits per heavy atom. The van der Waals surface area contributed by atoms with Crippen LogP contribution in [-0.2, 0) is 17.7 Å². The summed E-state index contributed by atoms with van der Waals surface area (Å²) in [6.07, 6.45) is 7.41. The second kappa shape index (κ2) is 6.91. The van der Waals surface area contributed by atoms with E-state index in [1.807, 2.05) is 18.2 Å². The van der Waals surface area contributed by atoms with E-state index in [1.165, 1.54) is 11.8 Å². The minimum Gasteiger partial charge on any atom is -0.465 e. The van der Waals surface area contributed by atoms with E-state index in [2.05, 4.69) is 15.1 Å². The zero-order valence-corrected chi connectivity index (χ0v) is 14.6. The van der Waals surface area contributed by atoms with Crippen LogP contribution in [0.1, 0.15) is 16.1 Å². The lowest BCUT2D eigenvalue weighted by atomic mass is 10.1. The number of carbonyl (C=O) groups excluding carboxylic acids is 1. The van der Waals surface area contributed by atoms with Gasteiger partial charge in [-0.2, -0.15) is 9.78 Å². The Labute approximate surface area is 154 Å². The minimum atomic E-state index is -0.534. The van der Waals surface area contributed by atoms with Gasteiger partial charge in [0.1, 0.15) is 11.3 Å². The summed E-state index contributed by atoms with van der Waals surface area (Å²) >= 11 is 0. The first kappa shape index (κ1) is 16.8. The van der Waals surface area contributed by atoms with Crippen LogP contribution in [0.2, 0.25) is 0 Å². The molecule has 0 unspecified atom stereocenters. The van der Waals surface area contributed by atoms with E-state index in [1.54, 1.807) is 41.6 Å². The van der Waals surface area contributed by atoms with Gasteiger partial charge in [0.05, 0.1) is 24.7 Å². The van der Waals surface area contributed by atoms with E-state index in [-0.39, 0.29) is 11.1 Å². The Hall–Kier alpha value is -3.68. The predicted octanol–water partition coefficient (Wildman–Crippen LogP) is 1.89. The number of hydrogen-bond donors (Lipinski definition) is 1. The van der Waals surface area contributed by atoms with Crippen LogP contribution in [0.5, 0.6) is 0 Å². The van der Waals surface area contributed by atoms with Gasteiger partial charge in [-0.3, -0.25) is 4.79 Å². The van der Waals surface area contributed by atoms with Crippen molar-refractivity contribution in [3.05, 3.63) is 76.9 Å². The topological polar surface area (TPSA) is 94.8 Å². The molecule has 27 heavy (non-hydrogen) atoms. The fourth-order valence-electron chi connectivity index (χ4n) is 2.96. The molecule has 4 rings (SSSR count). The maximum atomic E-state index is 12.9. The summed E-state index contributed by atoms with van der Waals surface area (Å²) in [6, 6.07) is 9.09. The lowest BCUT2D eigenvalue weighted by Gasteiger charge is -2.11. The van der Waals surface area contributed by atoms with Gasteiger partial charge in [0.25, 0.3) is 5.56 Å². The Morgan fingerprint density at radius 2 is 2.04 bits per heavy atom. The number of hydrogen-bond acceptors (Lipinski definition) is 5. The summed E-state index contributed by atoms with van der Waals surface area (Å²) in [4.78, 5) is 32.2. The molecule has 0 amide bonds. The number of fused-ring (bicyclic) bond motifs is 1. The maximum Gasteiger partial charge on any atom is 0.341 e. The van der Waals surface area contributed by atoms with Crippen LogP contribution in [0.25, 0.3) is 16.9 Å². The van der Waals surface area contributed by atoms with Crippen molar-refractivity contribution in [1.29, 1.82) is 0 Å². The van der Waals surface area contributed by atoms with E-state index < -0.39 is 5.97 Å². The standard InChI is InChI=1S/C19H17N5O3/c1-27-19(26)16-11-23(8-7-13-9-20-12-21-13)10-15-17(16)22-24(18(15)25)14-5-3-2-4-6-14/h2-6,9-12H,7-8H2,1H3,(H,20,21). The molecule has 1 aromatic carbocycles. The van der Waals surface area contributed by atoms with E-state index in [4.69, 9.17) is 4.74 Å². The highest BCUT2D eigenvalue weighted by molar-refractivity contribution is 5.96. The predicted molar refractivity (Wildman–Crippen MR) is 98.1 cm³/mol. The molecule has 0 saturated heterocycles. The fraction of sp³-hybridized carbons (Fsp3) is 0.158. The molecule has 0 spiro atoms. The van der Waals surface area contributed by atoms with Crippen molar-refractivity contribution in [2.75, 3.05) is 7.11 Å². The van der Waals surface area contributed by atoms with Crippen molar-refractivity contribution in [3.8, 4) is 16.9 Å². The van der Waals surface area contributed by atoms with Crippen LogP contribution < -0.4 is 5.56 Å². The molecular weight excluding hydrogens is 346 g/mol. The first-order chi connectivity index (χ1) is 13.2. The second-order valence-electron chi connectivity index (χ2n) is 6.04. The number of rotatable bonds is 5. The molecule has 136 valence electrons. The van der Waals surface area contributed by atoms with Crippen LogP contribution in [0.4, 0.5) is 0 Å². The molecule has 8 nitrogen and oxygen atoms in total. The second-order valence-corrected chi connectivity index (χ2v) is 6.04. The molecule has 0 fully saturated rings. The van der Waals surface area contributed by atoms with Crippen molar-refractivity contribution in [2.45, 2.75) is 13.0 Å². The number of methoxy groups -OCH3 is 1. The maximum absolute atomic E-state index is 12.9. The first-order valence-corrected chi connectivity index (χ1v) is 8.41. The number of nitrogens with one attached hydrogen (secondary N) is 1. The Bertz CT molecular complexity index is 1100. The third-order valence-corrected chi connectivity index (χ3v) is 4.32. The van der Waals surface area contributed by atoms with Gasteiger partial charge in [0.15, 0.2) is 0 Å². The van der Waals surface area contributed by atoms with Crippen LogP contribution in [0, 0.1) is 0 Å². The minimum absolute atomic E-state index is 0.256. The molecule has 1 aromatic heterocycles. The van der Waals surface area contributed by atoms with Crippen LogP contribution in [0.15, 0.2) is 60.0 Å². The number of aromatic amines is 1. The molecule has 8 heteroatoms. The number of H-pyrrole nitrogens is 1. The number of esters is 1. The fourth-order valence-corrected chi connectivity index (χ4v) is 2.96. The number of pyridine rings is 1. The Morgan fingerprint density at radius 3 is 2.74 bits per heavy atom. The van der Waals surface area contributed by atoms with Crippen molar-refractivity contribution in [3.63, 3.8) is 0 Å². The summed E-state index contributed by atoms with van der Waals surface area (Å²) in [7, 11) is 1.31. The van der Waals surface area contributed by atoms with Gasteiger partial charge >= 0.3 is 5.97 Å². The summed E-state index contributed by atoms with van der Waals surface area (Å²) in [5.41, 5.74) is 2.27. The van der Waals surface area contributed by atoms with Crippen molar-refractivity contribution in [1.82, 2.24) is 24.3 Å². The third kappa shape index (κ3) is 3.12. The van der Waals surface area contributed by atoms with Gasteiger partial charge in [-0.15, -0.1) is 0 Å². The highest BCUT2D eigenvalue weighted by Gasteiger charge is 2.24. The van der Waals surface area contributed by atoms with Crippen LogP contribution in [-0.4, -0.2) is 37.4 Å². The average Bonchev–Trinajstić information content (AvgIpc) is 3.34. The molecule has 2 aliphatic rings. The molecular formula is C19H17N5O3. The molecule has 1 N–H and O–H groups in total. The number of ether oxygens (including phenoxy) is 1. The molecule has 0 atom stereocenters. The van der Waals surface area contributed by atoms with Crippen LogP contribution >= 0.6 is 0 Å². The molecule has 0 radical (unpaired) electrons. The molecule has 0 saturated carbocycles. The summed E-state index contributed by atoms with van der Waals surface area (Å²) in [5, 5.41) is 4.38. The lowest BCUT2D eigenvalue weighted by Crippen LogP contribution is -2.16. The van der Waals surface area contributed by atoms with Crippen LogP contribution in [0.3, 0.4) is 0 Å². The summed E-state index contributed by atoms with van der Waals surface area (Å²) in [5.74, 6) is -0.534. The summed E-state index contributed by atoms with van der Waals surface area (Å²) < 4.78 is 7.99. The number of benzene rings is 1. The number of para-hydroxylation sites is 1. The van der Waals surface area contributed by atoms with Crippen molar-refractivity contribution < 1.29 is 9.53 Å². The smallest absolute Gasteiger partial charge is 0.341 e. The molecule has 0 aliphatic carbocycles. The van der Waals surface area contributed by atoms with Gasteiger partial charge in [-0.1, -0.05) is 18.2 Å². The number of carbonyl (C=O) groups is 1. The number of imidazole rings is 1. The number of nitrogens with zero attached hydrogens (tertiary/aromatic N) is 4. The SMILES string of the molecule is COC(=O)c1cn(CCc2cnc[nH]2)cc2c(=O)n(-c3ccccc3)nc1-2. The Balaban J connectivity index is 1.82. The number of aryl methyl sites for hydroxylation is 2. The molecule has 3 heterocycles. The largest absolute Gasteiger partial charge is 0.465 e. The molecule has 0 bridgehead atoms. The Kier molecular flexibility index (Phi) is 4.29. The lowest BCUT2D eigenvalue weighted by molar-refractivity contribution is 0.0600. The van der Waals surface area contributed by atoms with Gasteiger partial charge in [-0.05, 0) is 12.1 Å². The first-order valence-electron chi connectivity index (χ1n) is 8.41.